The maximum atomic E-state index is 11.9. The Kier molecular flexibility index (Phi) is 3.11. The number of hydrogen-bond acceptors (Lipinski definition) is 6. The Morgan fingerprint density at radius 2 is 2.06 bits per heavy atom. The highest BCUT2D eigenvalue weighted by Gasteiger charge is 2.27. The van der Waals surface area contributed by atoms with E-state index < -0.39 is 11.6 Å². The Balaban J connectivity index is 2.25. The molecule has 1 aliphatic rings. The van der Waals surface area contributed by atoms with Crippen LogP contribution >= 0.6 is 0 Å². The van der Waals surface area contributed by atoms with Crippen LogP contribution in [0.1, 0.15) is 37.7 Å². The quantitative estimate of drug-likeness (QED) is 0.799. The van der Waals surface area contributed by atoms with E-state index in [9.17, 15) is 9.90 Å². The molecule has 2 rings (SSSR count). The lowest BCUT2D eigenvalue weighted by Gasteiger charge is -2.32. The van der Waals surface area contributed by atoms with E-state index in [2.05, 4.69) is 9.97 Å². The molecule has 1 aliphatic heterocycles. The summed E-state index contributed by atoms with van der Waals surface area (Å²) >= 11 is 0. The van der Waals surface area contributed by atoms with E-state index in [1.165, 1.54) is 6.33 Å². The van der Waals surface area contributed by atoms with Crippen molar-refractivity contribution in [3.05, 3.63) is 12.0 Å². The molecule has 6 nitrogen and oxygen atoms in total. The normalized spacial score (nSPS) is 15.2. The highest BCUT2D eigenvalue weighted by atomic mass is 16.6. The number of ether oxygens (including phenoxy) is 1. The molecular formula is C12H17N3O3. The molecule has 0 unspecified atom stereocenters. The highest BCUT2D eigenvalue weighted by molar-refractivity contribution is 5.92. The van der Waals surface area contributed by atoms with Crippen molar-refractivity contribution in [1.82, 2.24) is 9.97 Å². The maximum absolute atomic E-state index is 11.9. The van der Waals surface area contributed by atoms with E-state index in [-0.39, 0.29) is 11.4 Å². The Bertz CT molecular complexity index is 464. The van der Waals surface area contributed by atoms with Crippen molar-refractivity contribution in [2.45, 2.75) is 32.8 Å². The Hall–Kier alpha value is -1.85. The number of aromatic nitrogens is 2. The smallest absolute Gasteiger partial charge is 0.361 e. The highest BCUT2D eigenvalue weighted by Crippen LogP contribution is 2.30. The second-order valence-electron chi connectivity index (χ2n) is 5.24. The predicted molar refractivity (Wildman–Crippen MR) is 65.7 cm³/mol. The summed E-state index contributed by atoms with van der Waals surface area (Å²) in [6.07, 6.45) is 2.33. The minimum atomic E-state index is -0.635. The molecule has 0 atom stereocenters. The average molecular weight is 251 g/mol. The fourth-order valence-corrected chi connectivity index (χ4v) is 1.60. The van der Waals surface area contributed by atoms with Crippen molar-refractivity contribution >= 4 is 11.8 Å². The van der Waals surface area contributed by atoms with Gasteiger partial charge in [0, 0.05) is 13.1 Å². The molecule has 2 heterocycles. The molecule has 0 aromatic carbocycles. The summed E-state index contributed by atoms with van der Waals surface area (Å²) in [5.41, 5.74) is -0.701. The number of carbonyl (C=O) groups is 1. The summed E-state index contributed by atoms with van der Waals surface area (Å²) in [5.74, 6) is -0.437. The summed E-state index contributed by atoms with van der Waals surface area (Å²) in [6.45, 7) is 6.95. The lowest BCUT2D eigenvalue weighted by Crippen LogP contribution is -2.38. The molecular weight excluding hydrogens is 234 g/mol. The van der Waals surface area contributed by atoms with Gasteiger partial charge in [0.15, 0.2) is 17.3 Å². The molecule has 0 saturated carbocycles. The van der Waals surface area contributed by atoms with Crippen LogP contribution in [0.4, 0.5) is 5.82 Å². The molecule has 1 fully saturated rings. The van der Waals surface area contributed by atoms with Crippen LogP contribution in [0.2, 0.25) is 0 Å². The molecule has 0 spiro atoms. The van der Waals surface area contributed by atoms with Gasteiger partial charge in [-0.15, -0.1) is 0 Å². The number of anilines is 1. The first-order chi connectivity index (χ1) is 8.38. The van der Waals surface area contributed by atoms with E-state index in [1.54, 1.807) is 20.8 Å². The van der Waals surface area contributed by atoms with Crippen LogP contribution in [0.15, 0.2) is 6.33 Å². The van der Waals surface area contributed by atoms with Gasteiger partial charge in [0.2, 0.25) is 0 Å². The predicted octanol–water partition coefficient (Wildman–Crippen LogP) is 1.35. The van der Waals surface area contributed by atoms with Crippen LogP contribution in [-0.4, -0.2) is 39.7 Å². The van der Waals surface area contributed by atoms with Crippen LogP contribution in [0.3, 0.4) is 0 Å². The molecule has 98 valence electrons. The van der Waals surface area contributed by atoms with Crippen molar-refractivity contribution in [1.29, 1.82) is 0 Å². The third kappa shape index (κ3) is 2.52. The number of esters is 1. The third-order valence-electron chi connectivity index (χ3n) is 2.55. The van der Waals surface area contributed by atoms with Crippen LogP contribution in [0.25, 0.3) is 0 Å². The topological polar surface area (TPSA) is 75.5 Å². The average Bonchev–Trinajstić information content (AvgIpc) is 2.15. The maximum Gasteiger partial charge on any atom is 0.361 e. The molecule has 6 heteroatoms. The van der Waals surface area contributed by atoms with Crippen LogP contribution < -0.4 is 4.90 Å². The van der Waals surface area contributed by atoms with Crippen molar-refractivity contribution in [2.24, 2.45) is 0 Å². The summed E-state index contributed by atoms with van der Waals surface area (Å²) in [5, 5.41) is 10.0. The number of carbonyl (C=O) groups excluding carboxylic acids is 1. The number of hydrogen-bond donors (Lipinski definition) is 1. The minimum absolute atomic E-state index is 0.0816. The zero-order valence-electron chi connectivity index (χ0n) is 10.8. The van der Waals surface area contributed by atoms with E-state index in [4.69, 9.17) is 4.74 Å². The van der Waals surface area contributed by atoms with Gasteiger partial charge in [-0.3, -0.25) is 0 Å². The zero-order chi connectivity index (χ0) is 13.3. The standard InChI is InChI=1S/C12H17N3O3/c1-12(2,3)18-11(17)8-9(16)10(14-7-13-8)15-5-4-6-15/h7,16H,4-6H2,1-3H3. The van der Waals surface area contributed by atoms with E-state index in [0.29, 0.717) is 5.82 Å². The van der Waals surface area contributed by atoms with E-state index in [0.717, 1.165) is 19.5 Å². The Morgan fingerprint density at radius 3 is 2.56 bits per heavy atom. The Labute approximate surface area is 106 Å². The van der Waals surface area contributed by atoms with Crippen LogP contribution in [0.5, 0.6) is 5.75 Å². The molecule has 18 heavy (non-hydrogen) atoms. The van der Waals surface area contributed by atoms with Crippen molar-refractivity contribution < 1.29 is 14.6 Å². The van der Waals surface area contributed by atoms with Gasteiger partial charge in [0.1, 0.15) is 11.9 Å². The third-order valence-corrected chi connectivity index (χ3v) is 2.55. The fourth-order valence-electron chi connectivity index (χ4n) is 1.60. The summed E-state index contributed by atoms with van der Waals surface area (Å²) in [6, 6.07) is 0. The largest absolute Gasteiger partial charge is 0.503 e. The SMILES string of the molecule is CC(C)(C)OC(=O)c1ncnc(N2CCC2)c1O. The summed E-state index contributed by atoms with van der Waals surface area (Å²) in [4.78, 5) is 21.6. The molecule has 0 amide bonds. The summed E-state index contributed by atoms with van der Waals surface area (Å²) < 4.78 is 5.18. The van der Waals surface area contributed by atoms with E-state index in [1.807, 2.05) is 4.90 Å². The molecule has 0 aliphatic carbocycles. The number of nitrogens with zero attached hydrogens (tertiary/aromatic N) is 3. The number of rotatable bonds is 2. The van der Waals surface area contributed by atoms with Crippen molar-refractivity contribution in [3.8, 4) is 5.75 Å². The first-order valence-corrected chi connectivity index (χ1v) is 5.91. The van der Waals surface area contributed by atoms with E-state index >= 15 is 0 Å². The second-order valence-corrected chi connectivity index (χ2v) is 5.24. The molecule has 1 aromatic heterocycles. The van der Waals surface area contributed by atoms with Gasteiger partial charge in [0.25, 0.3) is 0 Å². The van der Waals surface area contributed by atoms with Crippen LogP contribution in [-0.2, 0) is 4.74 Å². The van der Waals surface area contributed by atoms with Gasteiger partial charge in [-0.25, -0.2) is 14.8 Å². The van der Waals surface area contributed by atoms with Crippen LogP contribution in [0, 0.1) is 0 Å². The molecule has 1 saturated heterocycles. The van der Waals surface area contributed by atoms with Crippen molar-refractivity contribution in [2.75, 3.05) is 18.0 Å². The van der Waals surface area contributed by atoms with Gasteiger partial charge < -0.3 is 14.7 Å². The first-order valence-electron chi connectivity index (χ1n) is 5.91. The minimum Gasteiger partial charge on any atom is -0.503 e. The molecule has 0 bridgehead atoms. The lowest BCUT2D eigenvalue weighted by atomic mass is 10.2. The molecule has 1 N–H and O–H groups in total. The van der Waals surface area contributed by atoms with Gasteiger partial charge >= 0.3 is 5.97 Å². The number of aromatic hydroxyl groups is 1. The monoisotopic (exact) mass is 251 g/mol. The first kappa shape index (κ1) is 12.6. The van der Waals surface area contributed by atoms with Crippen molar-refractivity contribution in [3.63, 3.8) is 0 Å². The summed E-state index contributed by atoms with van der Waals surface area (Å²) in [7, 11) is 0. The second kappa shape index (κ2) is 4.44. The lowest BCUT2D eigenvalue weighted by molar-refractivity contribution is 0.00596. The zero-order valence-corrected chi connectivity index (χ0v) is 10.8. The van der Waals surface area contributed by atoms with Gasteiger partial charge in [0.05, 0.1) is 0 Å². The van der Waals surface area contributed by atoms with Gasteiger partial charge in [-0.1, -0.05) is 0 Å². The Morgan fingerprint density at radius 1 is 1.39 bits per heavy atom. The van der Waals surface area contributed by atoms with Gasteiger partial charge in [-0.2, -0.15) is 0 Å². The molecule has 1 aromatic rings. The molecule has 0 radical (unpaired) electrons. The van der Waals surface area contributed by atoms with Gasteiger partial charge in [-0.05, 0) is 27.2 Å². The fraction of sp³-hybridized carbons (Fsp3) is 0.583.